The van der Waals surface area contributed by atoms with Crippen LogP contribution in [0.1, 0.15) is 20.1 Å². The number of nitrogens with zero attached hydrogens (tertiary/aromatic N) is 2. The van der Waals surface area contributed by atoms with Crippen molar-refractivity contribution in [3.05, 3.63) is 41.1 Å². The van der Waals surface area contributed by atoms with E-state index < -0.39 is 12.0 Å². The lowest BCUT2D eigenvalue weighted by Gasteiger charge is -2.21. The van der Waals surface area contributed by atoms with E-state index in [0.29, 0.717) is 6.61 Å². The van der Waals surface area contributed by atoms with Crippen LogP contribution in [0.5, 0.6) is 0 Å². The molecule has 0 aromatic carbocycles. The fourth-order valence-corrected chi connectivity index (χ4v) is 2.27. The van der Waals surface area contributed by atoms with Gasteiger partial charge < -0.3 is 14.2 Å². The van der Waals surface area contributed by atoms with Crippen molar-refractivity contribution in [2.75, 3.05) is 6.61 Å². The van der Waals surface area contributed by atoms with E-state index in [9.17, 15) is 4.79 Å². The lowest BCUT2D eigenvalue weighted by molar-refractivity contribution is -0.155. The molecule has 1 aromatic rings. The van der Waals surface area contributed by atoms with Gasteiger partial charge in [-0.25, -0.2) is 9.78 Å². The van der Waals surface area contributed by atoms with Gasteiger partial charge >= 0.3 is 5.69 Å². The molecule has 102 valence electrons. The van der Waals surface area contributed by atoms with E-state index in [4.69, 9.17) is 14.2 Å². The summed E-state index contributed by atoms with van der Waals surface area (Å²) in [6.07, 6.45) is 6.07. The highest BCUT2D eigenvalue weighted by atomic mass is 16.7. The Hall–Kier alpha value is -1.50. The molecule has 6 nitrogen and oxygen atoms in total. The first-order valence-electron chi connectivity index (χ1n) is 6.24. The lowest BCUT2D eigenvalue weighted by Crippen LogP contribution is -2.32. The highest BCUT2D eigenvalue weighted by molar-refractivity contribution is 5.05. The van der Waals surface area contributed by atoms with Crippen LogP contribution in [-0.4, -0.2) is 34.2 Å². The third-order valence-electron chi connectivity index (χ3n) is 3.17. The van der Waals surface area contributed by atoms with E-state index >= 15 is 0 Å². The number of hydrogen-bond acceptors (Lipinski definition) is 5. The molecule has 3 rings (SSSR count). The highest BCUT2D eigenvalue weighted by Crippen LogP contribution is 2.30. The summed E-state index contributed by atoms with van der Waals surface area (Å²) < 4.78 is 18.5. The molecular weight excluding hydrogens is 248 g/mol. The van der Waals surface area contributed by atoms with Gasteiger partial charge in [-0.15, -0.1) is 0 Å². The zero-order valence-electron chi connectivity index (χ0n) is 10.9. The summed E-state index contributed by atoms with van der Waals surface area (Å²) in [4.78, 5) is 15.3. The van der Waals surface area contributed by atoms with Crippen molar-refractivity contribution in [1.82, 2.24) is 9.55 Å². The van der Waals surface area contributed by atoms with E-state index in [2.05, 4.69) is 4.98 Å². The second-order valence-electron chi connectivity index (χ2n) is 5.05. The molecule has 0 N–H and O–H groups in total. The van der Waals surface area contributed by atoms with Crippen molar-refractivity contribution in [2.45, 2.75) is 38.1 Å². The summed E-state index contributed by atoms with van der Waals surface area (Å²) in [5, 5.41) is 0. The first-order valence-corrected chi connectivity index (χ1v) is 6.24. The highest BCUT2D eigenvalue weighted by Gasteiger charge is 2.39. The van der Waals surface area contributed by atoms with Crippen LogP contribution in [0.2, 0.25) is 0 Å². The number of hydrogen-bond donors (Lipinski definition) is 0. The standard InChI is InChI=1S/C13H16N2O4/c1-13(2)17-8-10(19-13)9-4-5-11(18-9)15-7-3-6-14-12(15)16/h3-7,9-11H,8H2,1-2H3/t9-,10+,11+/m0/s1. The summed E-state index contributed by atoms with van der Waals surface area (Å²) in [5.74, 6) is -0.578. The summed E-state index contributed by atoms with van der Waals surface area (Å²) >= 11 is 0. The Morgan fingerprint density at radius 2 is 2.26 bits per heavy atom. The molecule has 0 aliphatic carbocycles. The minimum absolute atomic E-state index is 0.149. The van der Waals surface area contributed by atoms with Gasteiger partial charge in [0, 0.05) is 12.4 Å². The largest absolute Gasteiger partial charge is 0.349 e. The van der Waals surface area contributed by atoms with Crippen LogP contribution in [0.25, 0.3) is 0 Å². The van der Waals surface area contributed by atoms with Crippen LogP contribution in [0.3, 0.4) is 0 Å². The number of rotatable bonds is 2. The molecule has 1 saturated heterocycles. The van der Waals surface area contributed by atoms with Crippen LogP contribution >= 0.6 is 0 Å². The molecule has 1 aromatic heterocycles. The molecule has 3 atom stereocenters. The first kappa shape index (κ1) is 12.5. The molecule has 3 heterocycles. The molecule has 0 saturated carbocycles. The van der Waals surface area contributed by atoms with Crippen LogP contribution in [0.4, 0.5) is 0 Å². The van der Waals surface area contributed by atoms with Crippen molar-refractivity contribution in [1.29, 1.82) is 0 Å². The van der Waals surface area contributed by atoms with Gasteiger partial charge in [0.15, 0.2) is 12.0 Å². The third kappa shape index (κ3) is 2.47. The topological polar surface area (TPSA) is 62.6 Å². The number of ether oxygens (including phenoxy) is 3. The Morgan fingerprint density at radius 1 is 1.42 bits per heavy atom. The summed E-state index contributed by atoms with van der Waals surface area (Å²) in [6, 6.07) is 1.70. The minimum atomic E-state index is -0.578. The fraction of sp³-hybridized carbons (Fsp3) is 0.538. The summed E-state index contributed by atoms with van der Waals surface area (Å²) in [6.45, 7) is 4.22. The smallest absolute Gasteiger partial charge is 0.348 e. The second-order valence-corrected chi connectivity index (χ2v) is 5.05. The average molecular weight is 264 g/mol. The van der Waals surface area contributed by atoms with Crippen LogP contribution in [0, 0.1) is 0 Å². The van der Waals surface area contributed by atoms with Crippen LogP contribution < -0.4 is 5.69 Å². The van der Waals surface area contributed by atoms with Gasteiger partial charge in [-0.3, -0.25) is 4.57 Å². The Bertz CT molecular complexity index is 552. The monoisotopic (exact) mass is 264 g/mol. The fourth-order valence-electron chi connectivity index (χ4n) is 2.27. The van der Waals surface area contributed by atoms with E-state index in [1.54, 1.807) is 12.3 Å². The summed E-state index contributed by atoms with van der Waals surface area (Å²) in [7, 11) is 0. The van der Waals surface area contributed by atoms with Crippen molar-refractivity contribution in [2.24, 2.45) is 0 Å². The second kappa shape index (κ2) is 4.56. The van der Waals surface area contributed by atoms with Gasteiger partial charge in [0.2, 0.25) is 0 Å². The first-order chi connectivity index (χ1) is 9.05. The molecule has 0 unspecified atom stereocenters. The van der Waals surface area contributed by atoms with Gasteiger partial charge in [-0.1, -0.05) is 6.08 Å². The third-order valence-corrected chi connectivity index (χ3v) is 3.17. The summed E-state index contributed by atoms with van der Waals surface area (Å²) in [5.41, 5.74) is -0.332. The maximum atomic E-state index is 11.6. The Kier molecular flexibility index (Phi) is 3.00. The molecule has 19 heavy (non-hydrogen) atoms. The molecule has 0 amide bonds. The molecule has 0 radical (unpaired) electrons. The lowest BCUT2D eigenvalue weighted by atomic mass is 10.2. The van der Waals surface area contributed by atoms with Gasteiger partial charge in [-0.2, -0.15) is 0 Å². The van der Waals surface area contributed by atoms with Crippen molar-refractivity contribution in [3.8, 4) is 0 Å². The van der Waals surface area contributed by atoms with Crippen molar-refractivity contribution in [3.63, 3.8) is 0 Å². The zero-order chi connectivity index (χ0) is 13.5. The van der Waals surface area contributed by atoms with Gasteiger partial charge in [0.25, 0.3) is 0 Å². The molecule has 2 aliphatic rings. The zero-order valence-corrected chi connectivity index (χ0v) is 10.9. The van der Waals surface area contributed by atoms with E-state index in [1.807, 2.05) is 26.0 Å². The quantitative estimate of drug-likeness (QED) is 0.741. The van der Waals surface area contributed by atoms with Gasteiger partial charge in [0.1, 0.15) is 12.2 Å². The van der Waals surface area contributed by atoms with Crippen molar-refractivity contribution < 1.29 is 14.2 Å². The minimum Gasteiger partial charge on any atom is -0.348 e. The van der Waals surface area contributed by atoms with Crippen LogP contribution in [-0.2, 0) is 14.2 Å². The normalized spacial score (nSPS) is 32.8. The maximum absolute atomic E-state index is 11.6. The van der Waals surface area contributed by atoms with E-state index in [1.165, 1.54) is 10.8 Å². The molecule has 6 heteroatoms. The molecule has 0 spiro atoms. The molecule has 2 aliphatic heterocycles. The molecule has 0 bridgehead atoms. The Morgan fingerprint density at radius 3 is 2.95 bits per heavy atom. The Labute approximate surface area is 110 Å². The predicted molar refractivity (Wildman–Crippen MR) is 66.5 cm³/mol. The van der Waals surface area contributed by atoms with Gasteiger partial charge in [0.05, 0.1) is 6.61 Å². The van der Waals surface area contributed by atoms with Gasteiger partial charge in [-0.05, 0) is 26.0 Å². The van der Waals surface area contributed by atoms with Crippen LogP contribution in [0.15, 0.2) is 35.4 Å². The average Bonchev–Trinajstić information content (AvgIpc) is 2.96. The SMILES string of the molecule is CC1(C)OC[C@H]([C@@H]2C=C[C@H](n3cccnc3=O)O2)O1. The molecular formula is C13H16N2O4. The maximum Gasteiger partial charge on any atom is 0.349 e. The Balaban J connectivity index is 1.71. The predicted octanol–water partition coefficient (Wildman–Crippen LogP) is 0.848. The number of aromatic nitrogens is 2. The molecule has 1 fully saturated rings. The van der Waals surface area contributed by atoms with E-state index in [-0.39, 0.29) is 17.9 Å². The van der Waals surface area contributed by atoms with E-state index in [0.717, 1.165) is 0 Å². The van der Waals surface area contributed by atoms with Crippen molar-refractivity contribution >= 4 is 0 Å².